The Balaban J connectivity index is 2.53. The average molecular weight is 280 g/mol. The first-order valence-corrected chi connectivity index (χ1v) is 6.36. The lowest BCUT2D eigenvalue weighted by atomic mass is 10.1. The van der Waals surface area contributed by atoms with Crippen LogP contribution in [0.3, 0.4) is 0 Å². The van der Waals surface area contributed by atoms with E-state index in [1.54, 1.807) is 0 Å². The molecule has 1 unspecified atom stereocenters. The first kappa shape index (κ1) is 16.1. The lowest BCUT2D eigenvalue weighted by molar-refractivity contribution is -0.142. The summed E-state index contributed by atoms with van der Waals surface area (Å²) in [6.07, 6.45) is 0.568. The molecule has 0 aliphatic heterocycles. The number of benzene rings is 1. The average Bonchev–Trinajstić information content (AvgIpc) is 2.43. The summed E-state index contributed by atoms with van der Waals surface area (Å²) in [4.78, 5) is 22.9. The highest BCUT2D eigenvalue weighted by atomic mass is 16.5. The van der Waals surface area contributed by atoms with Crippen molar-refractivity contribution >= 4 is 11.9 Å². The minimum absolute atomic E-state index is 0.204. The Morgan fingerprint density at radius 2 is 2.00 bits per heavy atom. The van der Waals surface area contributed by atoms with Crippen LogP contribution < -0.4 is 11.1 Å². The Bertz CT molecular complexity index is 436. The van der Waals surface area contributed by atoms with E-state index in [2.05, 4.69) is 5.32 Å². The molecule has 4 N–H and O–H groups in total. The van der Waals surface area contributed by atoms with E-state index >= 15 is 0 Å². The fourth-order valence-corrected chi connectivity index (χ4v) is 1.73. The predicted molar refractivity (Wildman–Crippen MR) is 74.2 cm³/mol. The van der Waals surface area contributed by atoms with Gasteiger partial charge in [-0.2, -0.15) is 0 Å². The number of carbonyl (C=O) groups is 2. The van der Waals surface area contributed by atoms with Gasteiger partial charge in [0.05, 0.1) is 6.04 Å². The molecule has 1 amide bonds. The number of methoxy groups -OCH3 is 1. The van der Waals surface area contributed by atoms with E-state index in [0.717, 1.165) is 5.56 Å². The molecule has 0 bridgehead atoms. The number of carboxylic acids is 1. The molecule has 0 aromatic heterocycles. The zero-order chi connectivity index (χ0) is 15.0. The Hall–Kier alpha value is -1.92. The van der Waals surface area contributed by atoms with E-state index in [4.69, 9.17) is 15.6 Å². The summed E-state index contributed by atoms with van der Waals surface area (Å²) < 4.78 is 4.81. The maximum atomic E-state index is 11.9. The molecule has 6 nitrogen and oxygen atoms in total. The first-order chi connectivity index (χ1) is 9.54. The van der Waals surface area contributed by atoms with Gasteiger partial charge in [-0.05, 0) is 12.0 Å². The minimum atomic E-state index is -1.10. The third kappa shape index (κ3) is 5.38. The van der Waals surface area contributed by atoms with E-state index in [9.17, 15) is 9.59 Å². The second-order valence-electron chi connectivity index (χ2n) is 4.48. The summed E-state index contributed by atoms with van der Waals surface area (Å²) in [6, 6.07) is 7.57. The monoisotopic (exact) mass is 280 g/mol. The molecule has 2 atom stereocenters. The van der Waals surface area contributed by atoms with Crippen LogP contribution in [-0.2, 0) is 20.7 Å². The number of ether oxygens (including phenoxy) is 1. The summed E-state index contributed by atoms with van der Waals surface area (Å²) >= 11 is 0. The fraction of sp³-hybridized carbons (Fsp3) is 0.429. The van der Waals surface area contributed by atoms with E-state index < -0.39 is 24.0 Å². The van der Waals surface area contributed by atoms with E-state index in [-0.39, 0.29) is 13.0 Å². The molecule has 6 heteroatoms. The maximum absolute atomic E-state index is 11.9. The molecular formula is C14H20N2O4. The molecule has 0 saturated heterocycles. The molecule has 0 heterocycles. The molecule has 0 saturated carbocycles. The van der Waals surface area contributed by atoms with Gasteiger partial charge in [-0.3, -0.25) is 4.79 Å². The van der Waals surface area contributed by atoms with Crippen LogP contribution in [0, 0.1) is 0 Å². The SMILES string of the molecule is COCCC(NC(=O)[C@@H](N)Cc1ccccc1)C(=O)O. The number of amides is 1. The van der Waals surface area contributed by atoms with Gasteiger partial charge in [0, 0.05) is 20.1 Å². The van der Waals surface area contributed by atoms with Gasteiger partial charge >= 0.3 is 5.97 Å². The lowest BCUT2D eigenvalue weighted by Gasteiger charge is -2.17. The van der Waals surface area contributed by atoms with Crippen LogP contribution >= 0.6 is 0 Å². The Morgan fingerprint density at radius 3 is 2.55 bits per heavy atom. The molecular weight excluding hydrogens is 260 g/mol. The van der Waals surface area contributed by atoms with Crippen molar-refractivity contribution < 1.29 is 19.4 Å². The van der Waals surface area contributed by atoms with Crippen molar-refractivity contribution in [2.75, 3.05) is 13.7 Å². The Kier molecular flexibility index (Phi) is 6.69. The predicted octanol–water partition coefficient (Wildman–Crippen LogP) is 0.162. The van der Waals surface area contributed by atoms with Gasteiger partial charge in [-0.25, -0.2) is 4.79 Å². The van der Waals surface area contributed by atoms with Crippen molar-refractivity contribution in [1.29, 1.82) is 0 Å². The Morgan fingerprint density at radius 1 is 1.35 bits per heavy atom. The third-order valence-corrected chi connectivity index (χ3v) is 2.86. The highest BCUT2D eigenvalue weighted by Gasteiger charge is 2.23. The van der Waals surface area contributed by atoms with E-state index in [0.29, 0.717) is 6.42 Å². The molecule has 0 aliphatic rings. The van der Waals surface area contributed by atoms with Crippen molar-refractivity contribution in [3.63, 3.8) is 0 Å². The molecule has 110 valence electrons. The standard InChI is InChI=1S/C14H20N2O4/c1-20-8-7-12(14(18)19)16-13(17)11(15)9-10-5-3-2-4-6-10/h2-6,11-12H,7-9,15H2,1H3,(H,16,17)(H,18,19)/t11-,12?/m0/s1. The number of aliphatic carboxylic acids is 1. The Labute approximate surface area is 117 Å². The van der Waals surface area contributed by atoms with Crippen LogP contribution in [-0.4, -0.2) is 42.8 Å². The number of nitrogens with two attached hydrogens (primary N) is 1. The van der Waals surface area contributed by atoms with Crippen LogP contribution in [0.15, 0.2) is 30.3 Å². The molecule has 1 rings (SSSR count). The topological polar surface area (TPSA) is 102 Å². The van der Waals surface area contributed by atoms with Gasteiger partial charge in [0.15, 0.2) is 0 Å². The largest absolute Gasteiger partial charge is 0.480 e. The van der Waals surface area contributed by atoms with Gasteiger partial charge in [-0.1, -0.05) is 30.3 Å². The van der Waals surface area contributed by atoms with Crippen LogP contribution in [0.4, 0.5) is 0 Å². The third-order valence-electron chi connectivity index (χ3n) is 2.86. The second-order valence-corrected chi connectivity index (χ2v) is 4.48. The molecule has 0 aliphatic carbocycles. The normalized spacial score (nSPS) is 13.5. The summed E-state index contributed by atoms with van der Waals surface area (Å²) in [5.41, 5.74) is 6.72. The van der Waals surface area contributed by atoms with Crippen LogP contribution in [0.5, 0.6) is 0 Å². The number of nitrogens with one attached hydrogen (secondary N) is 1. The van der Waals surface area contributed by atoms with Crippen molar-refractivity contribution in [3.8, 4) is 0 Å². The fourth-order valence-electron chi connectivity index (χ4n) is 1.73. The highest BCUT2D eigenvalue weighted by Crippen LogP contribution is 2.03. The van der Waals surface area contributed by atoms with Gasteiger partial charge < -0.3 is 20.9 Å². The van der Waals surface area contributed by atoms with Crippen molar-refractivity contribution in [3.05, 3.63) is 35.9 Å². The maximum Gasteiger partial charge on any atom is 0.326 e. The van der Waals surface area contributed by atoms with Crippen LogP contribution in [0.2, 0.25) is 0 Å². The quantitative estimate of drug-likeness (QED) is 0.629. The van der Waals surface area contributed by atoms with Crippen LogP contribution in [0.1, 0.15) is 12.0 Å². The number of carboxylic acid groups (broad SMARTS) is 1. The molecule has 0 spiro atoms. The van der Waals surface area contributed by atoms with Crippen molar-refractivity contribution in [2.24, 2.45) is 5.73 Å². The zero-order valence-corrected chi connectivity index (χ0v) is 11.4. The van der Waals surface area contributed by atoms with Gasteiger partial charge in [0.25, 0.3) is 0 Å². The number of carbonyl (C=O) groups excluding carboxylic acids is 1. The lowest BCUT2D eigenvalue weighted by Crippen LogP contribution is -2.49. The number of rotatable bonds is 8. The van der Waals surface area contributed by atoms with E-state index in [1.807, 2.05) is 30.3 Å². The highest BCUT2D eigenvalue weighted by molar-refractivity contribution is 5.86. The number of hydrogen-bond donors (Lipinski definition) is 3. The van der Waals surface area contributed by atoms with Gasteiger partial charge in [0.2, 0.25) is 5.91 Å². The summed E-state index contributed by atoms with van der Waals surface area (Å²) in [5, 5.41) is 11.4. The molecule has 1 aromatic carbocycles. The van der Waals surface area contributed by atoms with Crippen molar-refractivity contribution in [1.82, 2.24) is 5.32 Å². The molecule has 0 fully saturated rings. The molecule has 20 heavy (non-hydrogen) atoms. The second kappa shape index (κ2) is 8.29. The smallest absolute Gasteiger partial charge is 0.326 e. The summed E-state index contributed by atoms with van der Waals surface area (Å²) in [6.45, 7) is 0.255. The van der Waals surface area contributed by atoms with Crippen molar-refractivity contribution in [2.45, 2.75) is 24.9 Å². The zero-order valence-electron chi connectivity index (χ0n) is 11.4. The summed E-state index contributed by atoms with van der Waals surface area (Å²) in [7, 11) is 1.47. The van der Waals surface area contributed by atoms with Crippen LogP contribution in [0.25, 0.3) is 0 Å². The summed E-state index contributed by atoms with van der Waals surface area (Å²) in [5.74, 6) is -1.57. The first-order valence-electron chi connectivity index (χ1n) is 6.36. The number of hydrogen-bond acceptors (Lipinski definition) is 4. The van der Waals surface area contributed by atoms with Gasteiger partial charge in [0.1, 0.15) is 6.04 Å². The minimum Gasteiger partial charge on any atom is -0.480 e. The molecule has 0 radical (unpaired) electrons. The molecule has 1 aromatic rings. The van der Waals surface area contributed by atoms with E-state index in [1.165, 1.54) is 7.11 Å². The van der Waals surface area contributed by atoms with Gasteiger partial charge in [-0.15, -0.1) is 0 Å².